The van der Waals surface area contributed by atoms with Crippen molar-refractivity contribution in [3.8, 4) is 11.3 Å². The first-order chi connectivity index (χ1) is 16.2. The molecule has 0 saturated carbocycles. The summed E-state index contributed by atoms with van der Waals surface area (Å²) in [6.07, 6.45) is 1.70. The van der Waals surface area contributed by atoms with Crippen LogP contribution in [0.3, 0.4) is 0 Å². The average Bonchev–Trinajstić information content (AvgIpc) is 3.23. The van der Waals surface area contributed by atoms with Gasteiger partial charge in [0.1, 0.15) is 0 Å². The van der Waals surface area contributed by atoms with Crippen molar-refractivity contribution in [3.63, 3.8) is 0 Å². The first kappa shape index (κ1) is 23.0. The van der Waals surface area contributed by atoms with Crippen LogP contribution >= 0.6 is 0 Å². The summed E-state index contributed by atoms with van der Waals surface area (Å²) in [6, 6.07) is 16.2. The third-order valence-corrected chi connectivity index (χ3v) is 5.75. The molecule has 34 heavy (non-hydrogen) atoms. The highest BCUT2D eigenvalue weighted by molar-refractivity contribution is 6.06. The van der Waals surface area contributed by atoms with E-state index < -0.39 is 6.03 Å². The Morgan fingerprint density at radius 2 is 1.74 bits per heavy atom. The highest BCUT2D eigenvalue weighted by Crippen LogP contribution is 2.28. The molecule has 4 aromatic rings. The van der Waals surface area contributed by atoms with E-state index in [1.807, 2.05) is 74.8 Å². The van der Waals surface area contributed by atoms with Crippen LogP contribution in [0.2, 0.25) is 0 Å². The van der Waals surface area contributed by atoms with Gasteiger partial charge in [-0.3, -0.25) is 4.79 Å². The average molecular weight is 457 g/mol. The monoisotopic (exact) mass is 456 g/mol. The second-order valence-electron chi connectivity index (χ2n) is 8.60. The number of carbonyl (C=O) groups is 2. The summed E-state index contributed by atoms with van der Waals surface area (Å²) in [5.74, 6) is -0.211. The number of nitrogens with two attached hydrogens (primary N) is 1. The number of rotatable bonds is 6. The number of benzene rings is 2. The standard InChI is InChI=1S/C26H28N6O2/c1-15(2)32-24-22(14-28-32)21(13-23(31-24)20-8-6-5-7-16(20)3)25(33)29-17(4)18-9-11-19(12-10-18)30-26(27)34/h5-15,17H,1-4H3,(H,29,33)(H3,27,30,34). The first-order valence-electron chi connectivity index (χ1n) is 11.2. The maximum Gasteiger partial charge on any atom is 0.316 e. The van der Waals surface area contributed by atoms with Crippen molar-refractivity contribution < 1.29 is 9.59 Å². The molecule has 8 heteroatoms. The van der Waals surface area contributed by atoms with Crippen LogP contribution in [-0.4, -0.2) is 26.7 Å². The number of amides is 3. The number of carbonyl (C=O) groups excluding carboxylic acids is 2. The zero-order valence-electron chi connectivity index (χ0n) is 19.7. The second-order valence-corrected chi connectivity index (χ2v) is 8.60. The van der Waals surface area contributed by atoms with Gasteiger partial charge in [0.15, 0.2) is 5.65 Å². The Kier molecular flexibility index (Phi) is 6.32. The number of aromatic nitrogens is 3. The number of hydrogen-bond acceptors (Lipinski definition) is 4. The van der Waals surface area contributed by atoms with Crippen LogP contribution in [0.1, 0.15) is 54.3 Å². The number of anilines is 1. The smallest absolute Gasteiger partial charge is 0.316 e. The fourth-order valence-corrected chi connectivity index (χ4v) is 3.94. The van der Waals surface area contributed by atoms with Crippen LogP contribution in [0.25, 0.3) is 22.3 Å². The fourth-order valence-electron chi connectivity index (χ4n) is 3.94. The molecule has 8 nitrogen and oxygen atoms in total. The van der Waals surface area contributed by atoms with E-state index in [0.717, 1.165) is 22.4 Å². The molecule has 174 valence electrons. The molecule has 0 aliphatic heterocycles. The number of urea groups is 1. The summed E-state index contributed by atoms with van der Waals surface area (Å²) in [7, 11) is 0. The zero-order valence-corrected chi connectivity index (χ0v) is 19.7. The van der Waals surface area contributed by atoms with Crippen molar-refractivity contribution in [1.29, 1.82) is 0 Å². The third-order valence-electron chi connectivity index (χ3n) is 5.75. The maximum absolute atomic E-state index is 13.5. The number of nitrogens with one attached hydrogen (secondary N) is 2. The second kappa shape index (κ2) is 9.35. The molecular weight excluding hydrogens is 428 g/mol. The Labute approximate surface area is 198 Å². The lowest BCUT2D eigenvalue weighted by molar-refractivity contribution is 0.0941. The molecule has 1 atom stereocenters. The molecule has 4 rings (SSSR count). The molecule has 4 N–H and O–H groups in total. The van der Waals surface area contributed by atoms with Crippen LogP contribution in [0.4, 0.5) is 10.5 Å². The van der Waals surface area contributed by atoms with E-state index in [4.69, 9.17) is 10.7 Å². The lowest BCUT2D eigenvalue weighted by Crippen LogP contribution is -2.27. The van der Waals surface area contributed by atoms with Gasteiger partial charge in [-0.1, -0.05) is 36.4 Å². The molecule has 2 aromatic heterocycles. The Balaban J connectivity index is 1.70. The van der Waals surface area contributed by atoms with Crippen molar-refractivity contribution in [2.24, 2.45) is 5.73 Å². The Morgan fingerprint density at radius 3 is 2.38 bits per heavy atom. The molecule has 0 aliphatic rings. The van der Waals surface area contributed by atoms with E-state index in [1.165, 1.54) is 0 Å². The lowest BCUT2D eigenvalue weighted by atomic mass is 10.0. The van der Waals surface area contributed by atoms with Gasteiger partial charge >= 0.3 is 6.03 Å². The molecule has 0 saturated heterocycles. The summed E-state index contributed by atoms with van der Waals surface area (Å²) in [5.41, 5.74) is 10.6. The largest absolute Gasteiger partial charge is 0.351 e. The van der Waals surface area contributed by atoms with Crippen LogP contribution in [0.5, 0.6) is 0 Å². The van der Waals surface area contributed by atoms with Gasteiger partial charge in [0.2, 0.25) is 0 Å². The number of nitrogens with zero attached hydrogens (tertiary/aromatic N) is 3. The summed E-state index contributed by atoms with van der Waals surface area (Å²) >= 11 is 0. The number of aryl methyl sites for hydroxylation is 1. The topological polar surface area (TPSA) is 115 Å². The zero-order chi connectivity index (χ0) is 24.4. The van der Waals surface area contributed by atoms with Crippen molar-refractivity contribution >= 4 is 28.7 Å². The van der Waals surface area contributed by atoms with E-state index in [9.17, 15) is 9.59 Å². The van der Waals surface area contributed by atoms with Crippen LogP contribution in [0.15, 0.2) is 60.8 Å². The predicted molar refractivity (Wildman–Crippen MR) is 134 cm³/mol. The Hall–Kier alpha value is -4.20. The van der Waals surface area contributed by atoms with E-state index in [0.29, 0.717) is 22.3 Å². The van der Waals surface area contributed by atoms with Crippen molar-refractivity contribution in [3.05, 3.63) is 77.5 Å². The number of primary amides is 1. The van der Waals surface area contributed by atoms with Gasteiger partial charge in [0.05, 0.1) is 28.9 Å². The normalized spacial score (nSPS) is 12.0. The van der Waals surface area contributed by atoms with E-state index in [-0.39, 0.29) is 18.0 Å². The summed E-state index contributed by atoms with van der Waals surface area (Å²) in [6.45, 7) is 8.01. The van der Waals surface area contributed by atoms with Crippen LogP contribution in [0, 0.1) is 6.92 Å². The van der Waals surface area contributed by atoms with Gasteiger partial charge in [-0.25, -0.2) is 14.5 Å². The minimum Gasteiger partial charge on any atom is -0.351 e. The van der Waals surface area contributed by atoms with E-state index in [2.05, 4.69) is 15.7 Å². The van der Waals surface area contributed by atoms with Gasteiger partial charge in [-0.05, 0) is 57.0 Å². The molecule has 2 heterocycles. The van der Waals surface area contributed by atoms with Crippen molar-refractivity contribution in [1.82, 2.24) is 20.1 Å². The summed E-state index contributed by atoms with van der Waals surface area (Å²) < 4.78 is 1.84. The van der Waals surface area contributed by atoms with Crippen LogP contribution < -0.4 is 16.4 Å². The van der Waals surface area contributed by atoms with Gasteiger partial charge in [0, 0.05) is 17.3 Å². The number of hydrogen-bond donors (Lipinski definition) is 3. The highest BCUT2D eigenvalue weighted by Gasteiger charge is 2.20. The van der Waals surface area contributed by atoms with E-state index >= 15 is 0 Å². The van der Waals surface area contributed by atoms with Gasteiger partial charge in [-0.2, -0.15) is 5.10 Å². The quantitative estimate of drug-likeness (QED) is 0.380. The minimum absolute atomic E-state index is 0.0967. The number of pyridine rings is 1. The predicted octanol–water partition coefficient (Wildman–Crippen LogP) is 4.97. The van der Waals surface area contributed by atoms with Gasteiger partial charge < -0.3 is 16.4 Å². The molecule has 0 radical (unpaired) electrons. The molecule has 1 unspecified atom stereocenters. The van der Waals surface area contributed by atoms with Crippen LogP contribution in [-0.2, 0) is 0 Å². The van der Waals surface area contributed by atoms with E-state index in [1.54, 1.807) is 18.3 Å². The highest BCUT2D eigenvalue weighted by atomic mass is 16.2. The minimum atomic E-state index is -0.623. The van der Waals surface area contributed by atoms with Crippen molar-refractivity contribution in [2.75, 3.05) is 5.32 Å². The molecule has 0 spiro atoms. The maximum atomic E-state index is 13.5. The third kappa shape index (κ3) is 4.61. The molecule has 0 aliphatic carbocycles. The molecule has 0 bridgehead atoms. The molecule has 0 fully saturated rings. The fraction of sp³-hybridized carbons (Fsp3) is 0.231. The van der Waals surface area contributed by atoms with Crippen molar-refractivity contribution in [2.45, 2.75) is 39.8 Å². The van der Waals surface area contributed by atoms with Gasteiger partial charge in [-0.15, -0.1) is 0 Å². The Bertz CT molecular complexity index is 1360. The summed E-state index contributed by atoms with van der Waals surface area (Å²) in [4.78, 5) is 29.4. The van der Waals surface area contributed by atoms with Gasteiger partial charge in [0.25, 0.3) is 5.91 Å². The molecule has 2 aromatic carbocycles. The SMILES string of the molecule is Cc1ccccc1-c1cc(C(=O)NC(C)c2ccc(NC(N)=O)cc2)c2cnn(C(C)C)c2n1. The summed E-state index contributed by atoms with van der Waals surface area (Å²) in [5, 5.41) is 10.8. The molecule has 3 amide bonds. The lowest BCUT2D eigenvalue weighted by Gasteiger charge is -2.16. The molecular formula is C26H28N6O2. The first-order valence-corrected chi connectivity index (χ1v) is 11.2. The number of fused-ring (bicyclic) bond motifs is 1. The Morgan fingerprint density at radius 1 is 1.03 bits per heavy atom.